The zero-order valence-corrected chi connectivity index (χ0v) is 12.8. The van der Waals surface area contributed by atoms with E-state index in [1.54, 1.807) is 6.07 Å². The van der Waals surface area contributed by atoms with Crippen LogP contribution < -0.4 is 5.32 Å². The van der Waals surface area contributed by atoms with Crippen molar-refractivity contribution >= 4 is 28.7 Å². The Kier molecular flexibility index (Phi) is 4.91. The largest absolute Gasteiger partial charge is 0.373 e. The van der Waals surface area contributed by atoms with Gasteiger partial charge in [-0.1, -0.05) is 0 Å². The lowest BCUT2D eigenvalue weighted by atomic mass is 10.2. The molecular formula is C14H20N2O3S. The smallest absolute Gasteiger partial charge is 0.238 e. The van der Waals surface area contributed by atoms with Crippen molar-refractivity contribution in [1.29, 1.82) is 0 Å². The van der Waals surface area contributed by atoms with Gasteiger partial charge in [-0.05, 0) is 25.3 Å². The summed E-state index contributed by atoms with van der Waals surface area (Å²) in [7, 11) is 0. The number of nitrogens with one attached hydrogen (secondary N) is 1. The molecule has 2 heterocycles. The minimum absolute atomic E-state index is 0.0242. The third kappa shape index (κ3) is 3.88. The van der Waals surface area contributed by atoms with Gasteiger partial charge in [-0.25, -0.2) is 0 Å². The van der Waals surface area contributed by atoms with Gasteiger partial charge in [0.25, 0.3) is 0 Å². The number of carbonyl (C=O) groups is 2. The number of morpholine rings is 1. The Labute approximate surface area is 122 Å². The van der Waals surface area contributed by atoms with Crippen LogP contribution in [-0.4, -0.2) is 48.4 Å². The molecule has 2 rings (SSSR count). The van der Waals surface area contributed by atoms with E-state index >= 15 is 0 Å². The quantitative estimate of drug-likeness (QED) is 0.863. The van der Waals surface area contributed by atoms with Crippen LogP contribution in [0.1, 0.15) is 30.4 Å². The number of hydrogen-bond donors (Lipinski definition) is 1. The first-order valence-corrected chi connectivity index (χ1v) is 7.59. The predicted octanol–water partition coefficient (Wildman–Crippen LogP) is 2.00. The van der Waals surface area contributed by atoms with E-state index in [0.717, 1.165) is 13.1 Å². The maximum Gasteiger partial charge on any atom is 0.238 e. The summed E-state index contributed by atoms with van der Waals surface area (Å²) in [6.07, 6.45) is 0.279. The van der Waals surface area contributed by atoms with Crippen molar-refractivity contribution in [2.24, 2.45) is 0 Å². The van der Waals surface area contributed by atoms with E-state index in [-0.39, 0.29) is 23.9 Å². The Bertz CT molecular complexity index is 490. The van der Waals surface area contributed by atoms with E-state index in [4.69, 9.17) is 4.74 Å². The van der Waals surface area contributed by atoms with Crippen LogP contribution in [0.5, 0.6) is 0 Å². The van der Waals surface area contributed by atoms with Gasteiger partial charge in [-0.2, -0.15) is 0 Å². The first-order chi connectivity index (χ1) is 9.45. The van der Waals surface area contributed by atoms with Gasteiger partial charge in [0.15, 0.2) is 5.78 Å². The van der Waals surface area contributed by atoms with Crippen LogP contribution in [0.25, 0.3) is 0 Å². The number of amides is 1. The molecule has 1 saturated heterocycles. The standard InChI is InChI=1S/C14H20N2O3S/c1-9-6-16(7-10(2)19-9)8-13(18)15-12-4-5-20-14(12)11(3)17/h4-5,9-10H,6-8H2,1-3H3,(H,15,18). The van der Waals surface area contributed by atoms with Gasteiger partial charge < -0.3 is 10.1 Å². The van der Waals surface area contributed by atoms with Crippen molar-refractivity contribution in [2.75, 3.05) is 25.0 Å². The number of rotatable bonds is 4. The van der Waals surface area contributed by atoms with Crippen LogP contribution in [0.15, 0.2) is 11.4 Å². The SMILES string of the molecule is CC(=O)c1sccc1NC(=O)CN1CC(C)OC(C)C1. The second kappa shape index (κ2) is 6.47. The average Bonchev–Trinajstić information content (AvgIpc) is 2.75. The Morgan fingerprint density at radius 2 is 2.05 bits per heavy atom. The first kappa shape index (κ1) is 15.2. The van der Waals surface area contributed by atoms with Gasteiger partial charge in [-0.15, -0.1) is 11.3 Å². The van der Waals surface area contributed by atoms with Gasteiger partial charge >= 0.3 is 0 Å². The molecule has 1 fully saturated rings. The second-order valence-electron chi connectivity index (χ2n) is 5.22. The lowest BCUT2D eigenvalue weighted by Crippen LogP contribution is -2.48. The molecule has 1 amide bonds. The number of thiophene rings is 1. The van der Waals surface area contributed by atoms with E-state index in [2.05, 4.69) is 10.2 Å². The van der Waals surface area contributed by atoms with E-state index in [1.807, 2.05) is 19.2 Å². The molecule has 6 heteroatoms. The van der Waals surface area contributed by atoms with Crippen molar-refractivity contribution in [1.82, 2.24) is 4.90 Å². The molecule has 1 aliphatic rings. The minimum Gasteiger partial charge on any atom is -0.373 e. The Morgan fingerprint density at radius 1 is 1.40 bits per heavy atom. The molecule has 0 saturated carbocycles. The van der Waals surface area contributed by atoms with E-state index in [1.165, 1.54) is 18.3 Å². The van der Waals surface area contributed by atoms with E-state index in [9.17, 15) is 9.59 Å². The van der Waals surface area contributed by atoms with Crippen LogP contribution >= 0.6 is 11.3 Å². The fraction of sp³-hybridized carbons (Fsp3) is 0.571. The number of carbonyl (C=O) groups excluding carboxylic acids is 2. The Hall–Kier alpha value is -1.24. The highest BCUT2D eigenvalue weighted by atomic mass is 32.1. The summed E-state index contributed by atoms with van der Waals surface area (Å²) in [6.45, 7) is 7.35. The molecule has 1 N–H and O–H groups in total. The van der Waals surface area contributed by atoms with Gasteiger partial charge in [0.1, 0.15) is 0 Å². The van der Waals surface area contributed by atoms with Crippen molar-refractivity contribution in [2.45, 2.75) is 33.0 Å². The van der Waals surface area contributed by atoms with Gasteiger partial charge in [-0.3, -0.25) is 14.5 Å². The van der Waals surface area contributed by atoms with Gasteiger partial charge in [0.2, 0.25) is 5.91 Å². The van der Waals surface area contributed by atoms with Crippen molar-refractivity contribution < 1.29 is 14.3 Å². The Morgan fingerprint density at radius 3 is 2.65 bits per heavy atom. The Balaban J connectivity index is 1.92. The summed E-state index contributed by atoms with van der Waals surface area (Å²) < 4.78 is 5.64. The lowest BCUT2D eigenvalue weighted by Gasteiger charge is -2.34. The highest BCUT2D eigenvalue weighted by Gasteiger charge is 2.24. The topological polar surface area (TPSA) is 58.6 Å². The third-order valence-electron chi connectivity index (χ3n) is 3.12. The predicted molar refractivity (Wildman–Crippen MR) is 79.4 cm³/mol. The normalized spacial score (nSPS) is 23.6. The second-order valence-corrected chi connectivity index (χ2v) is 6.14. The molecular weight excluding hydrogens is 276 g/mol. The summed E-state index contributed by atoms with van der Waals surface area (Å²) in [5.41, 5.74) is 0.613. The van der Waals surface area contributed by atoms with Crippen LogP contribution in [0, 0.1) is 0 Å². The summed E-state index contributed by atoms with van der Waals surface area (Å²) >= 11 is 1.35. The van der Waals surface area contributed by atoms with Crippen LogP contribution in [-0.2, 0) is 9.53 Å². The highest BCUT2D eigenvalue weighted by molar-refractivity contribution is 7.12. The summed E-state index contributed by atoms with van der Waals surface area (Å²) in [6, 6.07) is 1.77. The monoisotopic (exact) mass is 296 g/mol. The van der Waals surface area contributed by atoms with Crippen LogP contribution in [0.4, 0.5) is 5.69 Å². The number of Topliss-reactive ketones (excluding diaryl/α,β-unsaturated/α-hetero) is 1. The molecule has 1 aromatic rings. The molecule has 0 spiro atoms. The minimum atomic E-state index is -0.0906. The molecule has 0 radical (unpaired) electrons. The number of ether oxygens (including phenoxy) is 1. The molecule has 110 valence electrons. The fourth-order valence-electron chi connectivity index (χ4n) is 2.49. The highest BCUT2D eigenvalue weighted by Crippen LogP contribution is 2.22. The molecule has 2 atom stereocenters. The lowest BCUT2D eigenvalue weighted by molar-refractivity contribution is -0.121. The molecule has 0 aliphatic carbocycles. The van der Waals surface area contributed by atoms with Crippen LogP contribution in [0.3, 0.4) is 0 Å². The summed E-state index contributed by atoms with van der Waals surface area (Å²) in [5, 5.41) is 4.63. The molecule has 0 bridgehead atoms. The summed E-state index contributed by atoms with van der Waals surface area (Å²) in [4.78, 5) is 26.2. The van der Waals surface area contributed by atoms with Gasteiger partial charge in [0.05, 0.1) is 29.3 Å². The van der Waals surface area contributed by atoms with Crippen LogP contribution in [0.2, 0.25) is 0 Å². The number of anilines is 1. The first-order valence-electron chi connectivity index (χ1n) is 6.71. The summed E-state index contributed by atoms with van der Waals surface area (Å²) in [5.74, 6) is -0.115. The third-order valence-corrected chi connectivity index (χ3v) is 4.14. The fourth-order valence-corrected chi connectivity index (χ4v) is 3.24. The number of nitrogens with zero attached hydrogens (tertiary/aromatic N) is 1. The molecule has 1 aromatic heterocycles. The molecule has 5 nitrogen and oxygen atoms in total. The zero-order valence-electron chi connectivity index (χ0n) is 12.0. The molecule has 1 aliphatic heterocycles. The maximum atomic E-state index is 12.1. The van der Waals surface area contributed by atoms with Crippen molar-refractivity contribution in [3.63, 3.8) is 0 Å². The van der Waals surface area contributed by atoms with Crippen molar-refractivity contribution in [3.8, 4) is 0 Å². The zero-order chi connectivity index (χ0) is 14.7. The van der Waals surface area contributed by atoms with E-state index in [0.29, 0.717) is 17.1 Å². The van der Waals surface area contributed by atoms with Crippen molar-refractivity contribution in [3.05, 3.63) is 16.3 Å². The average molecular weight is 296 g/mol. The number of hydrogen-bond acceptors (Lipinski definition) is 5. The van der Waals surface area contributed by atoms with Gasteiger partial charge in [0, 0.05) is 20.0 Å². The molecule has 0 aromatic carbocycles. The number of ketones is 1. The maximum absolute atomic E-state index is 12.1. The molecule has 2 unspecified atom stereocenters. The molecule has 20 heavy (non-hydrogen) atoms. The van der Waals surface area contributed by atoms with E-state index < -0.39 is 0 Å².